The first kappa shape index (κ1) is 23.6. The van der Waals surface area contributed by atoms with E-state index in [0.29, 0.717) is 42.3 Å². The van der Waals surface area contributed by atoms with Crippen molar-refractivity contribution < 1.29 is 22.7 Å². The van der Waals surface area contributed by atoms with Crippen LogP contribution < -0.4 is 4.74 Å². The lowest BCUT2D eigenvalue weighted by atomic mass is 10.0. The highest BCUT2D eigenvalue weighted by atomic mass is 19.4. The molecule has 0 unspecified atom stereocenters. The molecule has 32 heavy (non-hydrogen) atoms. The number of aryl methyl sites for hydroxylation is 1. The highest BCUT2D eigenvalue weighted by Crippen LogP contribution is 2.34. The van der Waals surface area contributed by atoms with Crippen molar-refractivity contribution in [1.29, 1.82) is 0 Å². The molecule has 6 nitrogen and oxygen atoms in total. The van der Waals surface area contributed by atoms with Gasteiger partial charge in [-0.25, -0.2) is 9.50 Å². The molecule has 0 spiro atoms. The van der Waals surface area contributed by atoms with Gasteiger partial charge in [0.25, 0.3) is 0 Å². The molecule has 0 fully saturated rings. The molecule has 2 aromatic heterocycles. The second-order valence-corrected chi connectivity index (χ2v) is 7.46. The first-order valence-corrected chi connectivity index (χ1v) is 10.7. The van der Waals surface area contributed by atoms with Crippen LogP contribution in [0.1, 0.15) is 44.1 Å². The van der Waals surface area contributed by atoms with E-state index >= 15 is 0 Å². The number of likely N-dealkylation sites (N-methyl/N-ethyl adjacent to an activating group) is 1. The molecule has 0 atom stereocenters. The van der Waals surface area contributed by atoms with E-state index in [2.05, 4.69) is 10.1 Å². The number of fused-ring (bicyclic) bond motifs is 1. The van der Waals surface area contributed by atoms with Crippen molar-refractivity contribution >= 4 is 11.6 Å². The summed E-state index contributed by atoms with van der Waals surface area (Å²) in [7, 11) is 0. The predicted molar refractivity (Wildman–Crippen MR) is 116 cm³/mol. The van der Waals surface area contributed by atoms with Crippen LogP contribution in [0.2, 0.25) is 0 Å². The maximum atomic E-state index is 13.7. The number of amides is 1. The number of nitrogens with zero attached hydrogens (tertiary/aromatic N) is 4. The van der Waals surface area contributed by atoms with E-state index in [4.69, 9.17) is 4.74 Å². The Morgan fingerprint density at radius 3 is 2.34 bits per heavy atom. The minimum atomic E-state index is -4.62. The number of ether oxygens (including phenoxy) is 1. The third-order valence-electron chi connectivity index (χ3n) is 5.15. The van der Waals surface area contributed by atoms with Crippen LogP contribution in [0.4, 0.5) is 13.2 Å². The van der Waals surface area contributed by atoms with E-state index in [-0.39, 0.29) is 23.7 Å². The summed E-state index contributed by atoms with van der Waals surface area (Å²) in [5.74, 6) is 0.469. The normalized spacial score (nSPS) is 11.7. The largest absolute Gasteiger partial charge is 0.494 e. The Balaban J connectivity index is 2.18. The fourth-order valence-electron chi connectivity index (χ4n) is 3.55. The predicted octanol–water partition coefficient (Wildman–Crippen LogP) is 4.92. The van der Waals surface area contributed by atoms with Gasteiger partial charge in [0, 0.05) is 29.9 Å². The molecule has 1 aromatic carbocycles. The van der Waals surface area contributed by atoms with Crippen LogP contribution in [0.15, 0.2) is 30.3 Å². The summed E-state index contributed by atoms with van der Waals surface area (Å²) < 4.78 is 47.6. The third kappa shape index (κ3) is 4.87. The van der Waals surface area contributed by atoms with Crippen molar-refractivity contribution in [2.24, 2.45) is 0 Å². The van der Waals surface area contributed by atoms with Gasteiger partial charge in [0.2, 0.25) is 5.91 Å². The summed E-state index contributed by atoms with van der Waals surface area (Å²) in [4.78, 5) is 18.8. The van der Waals surface area contributed by atoms with Crippen LogP contribution in [0, 0.1) is 6.92 Å². The summed E-state index contributed by atoms with van der Waals surface area (Å²) in [5, 5.41) is 4.27. The van der Waals surface area contributed by atoms with Crippen molar-refractivity contribution in [3.05, 3.63) is 47.3 Å². The van der Waals surface area contributed by atoms with Crippen molar-refractivity contribution in [2.45, 2.75) is 46.7 Å². The molecule has 0 aliphatic rings. The second kappa shape index (κ2) is 9.58. The Morgan fingerprint density at radius 1 is 1.12 bits per heavy atom. The van der Waals surface area contributed by atoms with Gasteiger partial charge in [-0.1, -0.05) is 6.92 Å². The lowest BCUT2D eigenvalue weighted by Gasteiger charge is -2.18. The highest BCUT2D eigenvalue weighted by Gasteiger charge is 2.36. The smallest absolute Gasteiger partial charge is 0.433 e. The maximum Gasteiger partial charge on any atom is 0.433 e. The van der Waals surface area contributed by atoms with Gasteiger partial charge in [-0.2, -0.15) is 18.3 Å². The summed E-state index contributed by atoms with van der Waals surface area (Å²) >= 11 is 0. The van der Waals surface area contributed by atoms with E-state index < -0.39 is 11.9 Å². The summed E-state index contributed by atoms with van der Waals surface area (Å²) in [6.45, 7) is 8.79. The number of carbonyl (C=O) groups excluding carboxylic acids is 1. The van der Waals surface area contributed by atoms with Crippen molar-refractivity contribution in [2.75, 3.05) is 19.7 Å². The van der Waals surface area contributed by atoms with E-state index in [1.807, 2.05) is 20.8 Å². The molecule has 3 aromatic rings. The zero-order valence-corrected chi connectivity index (χ0v) is 18.7. The Hall–Kier alpha value is -3.10. The van der Waals surface area contributed by atoms with Gasteiger partial charge < -0.3 is 9.64 Å². The molecule has 0 bridgehead atoms. The quantitative estimate of drug-likeness (QED) is 0.491. The monoisotopic (exact) mass is 448 g/mol. The van der Waals surface area contributed by atoms with E-state index in [1.165, 1.54) is 6.92 Å². The molecule has 172 valence electrons. The molecule has 0 N–H and O–H groups in total. The molecule has 9 heteroatoms. The fourth-order valence-corrected chi connectivity index (χ4v) is 3.55. The lowest BCUT2D eigenvalue weighted by molar-refractivity contribution is -0.142. The summed E-state index contributed by atoms with van der Waals surface area (Å²) in [6.07, 6.45) is -3.85. The molecule has 2 heterocycles. The van der Waals surface area contributed by atoms with Crippen LogP contribution in [0.25, 0.3) is 16.9 Å². The van der Waals surface area contributed by atoms with Crippen LogP contribution in [0.3, 0.4) is 0 Å². The number of aromatic nitrogens is 3. The number of benzene rings is 1. The highest BCUT2D eigenvalue weighted by molar-refractivity contribution is 5.84. The van der Waals surface area contributed by atoms with E-state index in [9.17, 15) is 18.0 Å². The van der Waals surface area contributed by atoms with Gasteiger partial charge in [0.05, 0.1) is 18.7 Å². The van der Waals surface area contributed by atoms with Gasteiger partial charge in [-0.15, -0.1) is 0 Å². The van der Waals surface area contributed by atoms with Crippen LogP contribution >= 0.6 is 0 Å². The number of halogens is 3. The van der Waals surface area contributed by atoms with Gasteiger partial charge in [-0.3, -0.25) is 4.79 Å². The summed E-state index contributed by atoms with van der Waals surface area (Å²) in [6, 6.07) is 7.92. The van der Waals surface area contributed by atoms with Crippen LogP contribution in [-0.2, 0) is 17.4 Å². The Morgan fingerprint density at radius 2 is 1.78 bits per heavy atom. The van der Waals surface area contributed by atoms with Crippen molar-refractivity contribution in [3.63, 3.8) is 0 Å². The standard InChI is InChI=1S/C23H27F3N4O2/c1-5-12-32-17-10-8-16(9-11-17)21-18(14-20(31)29(6-2)7-3)22-27-15(4)13-19(23(24,25)26)30(22)28-21/h8-11,13H,5-7,12,14H2,1-4H3. The lowest BCUT2D eigenvalue weighted by Crippen LogP contribution is -2.31. The molecule has 0 saturated carbocycles. The molecule has 0 radical (unpaired) electrons. The Labute approximate surface area is 185 Å². The van der Waals surface area contributed by atoms with Crippen molar-refractivity contribution in [1.82, 2.24) is 19.5 Å². The number of carbonyl (C=O) groups is 1. The van der Waals surface area contributed by atoms with Gasteiger partial charge in [0.15, 0.2) is 5.65 Å². The molecule has 0 aliphatic heterocycles. The van der Waals surface area contributed by atoms with Crippen LogP contribution in [-0.4, -0.2) is 45.1 Å². The number of rotatable bonds is 8. The van der Waals surface area contributed by atoms with Gasteiger partial charge in [0.1, 0.15) is 11.4 Å². The van der Waals surface area contributed by atoms with E-state index in [1.54, 1.807) is 29.2 Å². The van der Waals surface area contributed by atoms with Crippen LogP contribution in [0.5, 0.6) is 5.75 Å². The molecule has 0 saturated heterocycles. The molecular weight excluding hydrogens is 421 g/mol. The SMILES string of the molecule is CCCOc1ccc(-c2nn3c(C(F)(F)F)cc(C)nc3c2CC(=O)N(CC)CC)cc1. The first-order chi connectivity index (χ1) is 15.2. The topological polar surface area (TPSA) is 59.7 Å². The molecule has 1 amide bonds. The third-order valence-corrected chi connectivity index (χ3v) is 5.15. The van der Waals surface area contributed by atoms with Gasteiger partial charge >= 0.3 is 6.18 Å². The minimum absolute atomic E-state index is 0.0409. The molecule has 0 aliphatic carbocycles. The number of hydrogen-bond acceptors (Lipinski definition) is 4. The average Bonchev–Trinajstić information content (AvgIpc) is 3.10. The first-order valence-electron chi connectivity index (χ1n) is 10.7. The zero-order valence-electron chi connectivity index (χ0n) is 18.7. The van der Waals surface area contributed by atoms with Crippen molar-refractivity contribution in [3.8, 4) is 17.0 Å². The minimum Gasteiger partial charge on any atom is -0.494 e. The average molecular weight is 448 g/mol. The Bertz CT molecular complexity index is 1090. The number of hydrogen-bond donors (Lipinski definition) is 0. The Kier molecular flexibility index (Phi) is 7.06. The second-order valence-electron chi connectivity index (χ2n) is 7.46. The van der Waals surface area contributed by atoms with Gasteiger partial charge in [-0.05, 0) is 57.5 Å². The molecular formula is C23H27F3N4O2. The van der Waals surface area contributed by atoms with E-state index in [0.717, 1.165) is 17.0 Å². The fraction of sp³-hybridized carbons (Fsp3) is 0.435. The maximum absolute atomic E-state index is 13.7. The zero-order chi connectivity index (χ0) is 23.5. The molecule has 3 rings (SSSR count). The summed E-state index contributed by atoms with van der Waals surface area (Å²) in [5.41, 5.74) is 0.586. The number of alkyl halides is 3.